The number of hydrogen-bond acceptors (Lipinski definition) is 6. The van der Waals surface area contributed by atoms with Gasteiger partial charge in [0.2, 0.25) is 0 Å². The van der Waals surface area contributed by atoms with Gasteiger partial charge in [-0.05, 0) is 86.5 Å². The van der Waals surface area contributed by atoms with Crippen molar-refractivity contribution < 1.29 is 14.3 Å². The van der Waals surface area contributed by atoms with Crippen LogP contribution in [0, 0.1) is 7.14 Å². The first-order valence-corrected chi connectivity index (χ1v) is 15.2. The predicted octanol–water partition coefficient (Wildman–Crippen LogP) is 5.59. The SMILES string of the molecule is CCC1=C(C(=O)OC)[C@@H](c2ccccc2)n2c(s/c(=C\c3cc(I)c(OCc4ccccc4)c(I)c3)c2=O)=N1. The summed E-state index contributed by atoms with van der Waals surface area (Å²) in [4.78, 5) is 32.0. The lowest BCUT2D eigenvalue weighted by Gasteiger charge is -2.25. The molecule has 0 amide bonds. The van der Waals surface area contributed by atoms with Gasteiger partial charge >= 0.3 is 5.97 Å². The number of rotatable bonds is 7. The van der Waals surface area contributed by atoms with Gasteiger partial charge in [-0.2, -0.15) is 0 Å². The lowest BCUT2D eigenvalue weighted by atomic mass is 9.95. The van der Waals surface area contributed by atoms with Crippen LogP contribution in [0.1, 0.15) is 36.1 Å². The number of methoxy groups -OCH3 is 1. The minimum absolute atomic E-state index is 0.196. The van der Waals surface area contributed by atoms with Crippen LogP contribution in [0.2, 0.25) is 0 Å². The summed E-state index contributed by atoms with van der Waals surface area (Å²) in [6, 6.07) is 23.0. The van der Waals surface area contributed by atoms with Crippen molar-refractivity contribution in [3.63, 3.8) is 0 Å². The summed E-state index contributed by atoms with van der Waals surface area (Å²) in [6.45, 7) is 2.43. The first kappa shape index (κ1) is 27.8. The molecule has 1 aliphatic rings. The molecule has 6 nitrogen and oxygen atoms in total. The quantitative estimate of drug-likeness (QED) is 0.182. The molecule has 1 atom stereocenters. The van der Waals surface area contributed by atoms with Gasteiger partial charge in [0.15, 0.2) is 4.80 Å². The topological polar surface area (TPSA) is 69.9 Å². The van der Waals surface area contributed by atoms with E-state index in [0.717, 1.165) is 29.6 Å². The van der Waals surface area contributed by atoms with Gasteiger partial charge in [0.05, 0.1) is 36.1 Å². The molecule has 0 unspecified atom stereocenters. The van der Waals surface area contributed by atoms with Gasteiger partial charge in [0.25, 0.3) is 5.56 Å². The van der Waals surface area contributed by atoms with E-state index in [1.807, 2.05) is 85.8 Å². The zero-order valence-electron chi connectivity index (χ0n) is 21.2. The smallest absolute Gasteiger partial charge is 0.338 e. The third-order valence-corrected chi connectivity index (χ3v) is 8.90. The molecule has 2 heterocycles. The van der Waals surface area contributed by atoms with Crippen molar-refractivity contribution in [2.75, 3.05) is 7.11 Å². The fraction of sp³-hybridized carbons (Fsp3) is 0.167. The molecule has 0 N–H and O–H groups in total. The van der Waals surface area contributed by atoms with Crippen LogP contribution < -0.4 is 19.6 Å². The molecule has 0 fully saturated rings. The van der Waals surface area contributed by atoms with Gasteiger partial charge in [-0.1, -0.05) is 78.9 Å². The number of carbonyl (C=O) groups is 1. The van der Waals surface area contributed by atoms with E-state index in [9.17, 15) is 9.59 Å². The van der Waals surface area contributed by atoms with E-state index < -0.39 is 12.0 Å². The van der Waals surface area contributed by atoms with E-state index in [1.165, 1.54) is 18.4 Å². The summed E-state index contributed by atoms with van der Waals surface area (Å²) in [5.74, 6) is 0.340. The molecule has 9 heteroatoms. The van der Waals surface area contributed by atoms with E-state index in [-0.39, 0.29) is 5.56 Å². The maximum Gasteiger partial charge on any atom is 0.338 e. The maximum absolute atomic E-state index is 13.8. The number of fused-ring (bicyclic) bond motifs is 1. The zero-order chi connectivity index (χ0) is 27.5. The minimum atomic E-state index is -0.610. The summed E-state index contributed by atoms with van der Waals surface area (Å²) in [7, 11) is 1.35. The molecular formula is C30H24I2N2O4S. The number of esters is 1. The zero-order valence-corrected chi connectivity index (χ0v) is 26.3. The highest BCUT2D eigenvalue weighted by Crippen LogP contribution is 2.32. The highest BCUT2D eigenvalue weighted by molar-refractivity contribution is 14.1. The Hall–Kier alpha value is -2.77. The lowest BCUT2D eigenvalue weighted by molar-refractivity contribution is -0.136. The Balaban J connectivity index is 1.58. The first-order valence-electron chi connectivity index (χ1n) is 12.2. The van der Waals surface area contributed by atoms with Crippen molar-refractivity contribution in [3.05, 3.63) is 128 Å². The summed E-state index contributed by atoms with van der Waals surface area (Å²) >= 11 is 5.86. The van der Waals surface area contributed by atoms with E-state index in [1.54, 1.807) is 4.57 Å². The third-order valence-electron chi connectivity index (χ3n) is 6.31. The van der Waals surface area contributed by atoms with E-state index in [2.05, 4.69) is 45.2 Å². The second-order valence-corrected chi connectivity index (χ2v) is 12.1. The molecule has 0 aliphatic carbocycles. The molecule has 1 aliphatic heterocycles. The fourth-order valence-corrected chi connectivity index (χ4v) is 7.64. The van der Waals surface area contributed by atoms with Gasteiger partial charge in [-0.3, -0.25) is 9.36 Å². The Morgan fingerprint density at radius 2 is 1.69 bits per heavy atom. The van der Waals surface area contributed by atoms with Crippen LogP contribution in [-0.4, -0.2) is 17.6 Å². The Morgan fingerprint density at radius 1 is 1.05 bits per heavy atom. The number of benzene rings is 3. The van der Waals surface area contributed by atoms with E-state index >= 15 is 0 Å². The first-order chi connectivity index (χ1) is 18.9. The van der Waals surface area contributed by atoms with Gasteiger partial charge in [-0.25, -0.2) is 9.79 Å². The molecule has 5 rings (SSSR count). The van der Waals surface area contributed by atoms with Crippen molar-refractivity contribution in [2.24, 2.45) is 4.99 Å². The molecule has 0 spiro atoms. The Bertz CT molecular complexity index is 1720. The Morgan fingerprint density at radius 3 is 2.31 bits per heavy atom. The predicted molar refractivity (Wildman–Crippen MR) is 169 cm³/mol. The van der Waals surface area contributed by atoms with Crippen molar-refractivity contribution in [1.82, 2.24) is 4.57 Å². The number of carbonyl (C=O) groups excluding carboxylic acids is 1. The van der Waals surface area contributed by atoms with Crippen LogP contribution in [0.15, 0.2) is 93.9 Å². The molecule has 198 valence electrons. The Labute approximate surface area is 257 Å². The van der Waals surface area contributed by atoms with Crippen LogP contribution in [0.3, 0.4) is 0 Å². The highest BCUT2D eigenvalue weighted by Gasteiger charge is 2.33. The molecule has 39 heavy (non-hydrogen) atoms. The summed E-state index contributed by atoms with van der Waals surface area (Å²) in [6.07, 6.45) is 2.42. The van der Waals surface area contributed by atoms with Crippen molar-refractivity contribution in [1.29, 1.82) is 0 Å². The van der Waals surface area contributed by atoms with Gasteiger partial charge in [-0.15, -0.1) is 0 Å². The normalized spacial score (nSPS) is 15.1. The van der Waals surface area contributed by atoms with Gasteiger partial charge in [0, 0.05) is 0 Å². The van der Waals surface area contributed by atoms with Crippen LogP contribution in [0.5, 0.6) is 5.75 Å². The second kappa shape index (κ2) is 12.2. The van der Waals surface area contributed by atoms with Crippen LogP contribution in [-0.2, 0) is 16.1 Å². The van der Waals surface area contributed by atoms with Crippen LogP contribution >= 0.6 is 56.5 Å². The number of nitrogens with zero attached hydrogens (tertiary/aromatic N) is 2. The third kappa shape index (κ3) is 5.75. The van der Waals surface area contributed by atoms with Crippen LogP contribution in [0.4, 0.5) is 0 Å². The van der Waals surface area contributed by atoms with Crippen molar-refractivity contribution in [3.8, 4) is 5.75 Å². The molecular weight excluding hydrogens is 738 g/mol. The van der Waals surface area contributed by atoms with E-state index in [4.69, 9.17) is 14.5 Å². The molecule has 0 radical (unpaired) electrons. The lowest BCUT2D eigenvalue weighted by Crippen LogP contribution is -2.40. The summed E-state index contributed by atoms with van der Waals surface area (Å²) < 4.78 is 15.3. The molecule has 0 saturated heterocycles. The second-order valence-electron chi connectivity index (χ2n) is 8.79. The van der Waals surface area contributed by atoms with E-state index in [0.29, 0.717) is 33.6 Å². The monoisotopic (exact) mass is 762 g/mol. The number of aromatic nitrogens is 1. The number of hydrogen-bond donors (Lipinski definition) is 0. The number of ether oxygens (including phenoxy) is 2. The maximum atomic E-state index is 13.8. The number of allylic oxidation sites excluding steroid dienone is 1. The molecule has 0 saturated carbocycles. The fourth-order valence-electron chi connectivity index (χ4n) is 4.50. The number of halogens is 2. The molecule has 0 bridgehead atoms. The van der Waals surface area contributed by atoms with Crippen molar-refractivity contribution >= 4 is 68.6 Å². The molecule has 1 aromatic heterocycles. The standard InChI is InChI=1S/C30H24I2N2O4S/c1-3-23-25(29(36)37-2)26(20-12-8-5-9-13-20)34-28(35)24(39-30(34)33-23)16-19-14-21(31)27(22(32)15-19)38-17-18-10-6-4-7-11-18/h4-16,26H,3,17H2,1-2H3/b24-16-/t26-/m1/s1. The largest absolute Gasteiger partial charge is 0.487 e. The summed E-state index contributed by atoms with van der Waals surface area (Å²) in [5.41, 5.74) is 3.65. The molecule has 3 aromatic carbocycles. The highest BCUT2D eigenvalue weighted by atomic mass is 127. The minimum Gasteiger partial charge on any atom is -0.487 e. The van der Waals surface area contributed by atoms with Crippen LogP contribution in [0.25, 0.3) is 6.08 Å². The average molecular weight is 762 g/mol. The van der Waals surface area contributed by atoms with Gasteiger partial charge < -0.3 is 9.47 Å². The van der Waals surface area contributed by atoms with Gasteiger partial charge in [0.1, 0.15) is 12.4 Å². The number of thiazole rings is 1. The van der Waals surface area contributed by atoms with Crippen molar-refractivity contribution in [2.45, 2.75) is 26.0 Å². The molecule has 4 aromatic rings. The summed E-state index contributed by atoms with van der Waals surface area (Å²) in [5, 5.41) is 0. The average Bonchev–Trinajstić information content (AvgIpc) is 3.26. The Kier molecular flexibility index (Phi) is 8.67.